The van der Waals surface area contributed by atoms with Crippen LogP contribution in [0.2, 0.25) is 0 Å². The van der Waals surface area contributed by atoms with E-state index in [-0.39, 0.29) is 58.9 Å². The van der Waals surface area contributed by atoms with E-state index in [9.17, 15) is 0 Å². The van der Waals surface area contributed by atoms with Gasteiger partial charge >= 0.3 is 21.7 Å². The van der Waals surface area contributed by atoms with Gasteiger partial charge in [-0.25, -0.2) is 0 Å². The zero-order valence-corrected chi connectivity index (χ0v) is 8.87. The molecule has 0 N–H and O–H groups in total. The molecule has 1 rings (SSSR count). The standard InChI is InChI=1S/C5H9.3ClH.Ti/c1-2-4-5-3-1;;;;/h1H,2-5H2;3*1H;/q-1;;;;+4/p-3. The van der Waals surface area contributed by atoms with Crippen molar-refractivity contribution >= 4 is 0 Å². The van der Waals surface area contributed by atoms with Gasteiger partial charge in [-0.05, 0) is 0 Å². The van der Waals surface area contributed by atoms with Gasteiger partial charge in [-0.15, -0.1) is 0 Å². The predicted octanol–water partition coefficient (Wildman–Crippen LogP) is -7.23. The molecule has 0 unspecified atom stereocenters. The Bertz CT molecular complexity index is 23.8. The zero-order chi connectivity index (χ0) is 3.54. The first-order chi connectivity index (χ1) is 2.50. The largest absolute Gasteiger partial charge is 4.00 e. The number of hydrogen-bond acceptors (Lipinski definition) is 0. The van der Waals surface area contributed by atoms with Gasteiger partial charge in [0.15, 0.2) is 0 Å². The second-order valence-corrected chi connectivity index (χ2v) is 1.57. The molecule has 1 fully saturated rings. The molecule has 0 bridgehead atoms. The molecule has 0 aromatic carbocycles. The molecule has 0 aromatic heterocycles. The van der Waals surface area contributed by atoms with E-state index in [2.05, 4.69) is 6.42 Å². The van der Waals surface area contributed by atoms with Crippen LogP contribution in [0.3, 0.4) is 0 Å². The van der Waals surface area contributed by atoms with Crippen molar-refractivity contribution in [3.63, 3.8) is 0 Å². The van der Waals surface area contributed by atoms with Crippen LogP contribution in [0.25, 0.3) is 0 Å². The molecule has 0 radical (unpaired) electrons. The third-order valence-corrected chi connectivity index (χ3v) is 1.07. The summed E-state index contributed by atoms with van der Waals surface area (Å²) in [5.74, 6) is 0. The third kappa shape index (κ3) is 12.7. The first-order valence-electron chi connectivity index (χ1n) is 2.32. The molecule has 0 aliphatic heterocycles. The molecule has 54 valence electrons. The van der Waals surface area contributed by atoms with Gasteiger partial charge in [-0.3, -0.25) is 0 Å². The molecule has 0 aromatic rings. The van der Waals surface area contributed by atoms with Crippen molar-refractivity contribution in [2.45, 2.75) is 25.7 Å². The van der Waals surface area contributed by atoms with Crippen LogP contribution in [-0.4, -0.2) is 0 Å². The fourth-order valence-electron chi connectivity index (χ4n) is 0.722. The van der Waals surface area contributed by atoms with Crippen molar-refractivity contribution in [1.29, 1.82) is 0 Å². The number of rotatable bonds is 0. The van der Waals surface area contributed by atoms with Crippen LogP contribution in [-0.2, 0) is 21.7 Å². The maximum Gasteiger partial charge on any atom is 4.00 e. The Morgan fingerprint density at radius 2 is 1.11 bits per heavy atom. The maximum absolute atomic E-state index is 2.36. The minimum atomic E-state index is 0. The Labute approximate surface area is 90.7 Å². The van der Waals surface area contributed by atoms with Crippen LogP contribution in [0, 0.1) is 6.42 Å². The average Bonchev–Trinajstić information content (AvgIpc) is 1.76. The summed E-state index contributed by atoms with van der Waals surface area (Å²) in [4.78, 5) is 0. The Hall–Kier alpha value is 1.58. The topological polar surface area (TPSA) is 0 Å². The average molecular weight is 223 g/mol. The van der Waals surface area contributed by atoms with Crippen molar-refractivity contribution < 1.29 is 58.9 Å². The maximum atomic E-state index is 2.36. The van der Waals surface area contributed by atoms with E-state index in [0.717, 1.165) is 0 Å². The fraction of sp³-hybridized carbons (Fsp3) is 0.800. The summed E-state index contributed by atoms with van der Waals surface area (Å²) in [6.07, 6.45) is 8.00. The fourth-order valence-corrected chi connectivity index (χ4v) is 0.722. The molecule has 0 heterocycles. The van der Waals surface area contributed by atoms with E-state index in [0.29, 0.717) is 0 Å². The Balaban J connectivity index is -0.0000000312. The summed E-state index contributed by atoms with van der Waals surface area (Å²) in [5.41, 5.74) is 0. The minimum Gasteiger partial charge on any atom is -1.00 e. The first kappa shape index (κ1) is 22.4. The van der Waals surface area contributed by atoms with Crippen LogP contribution in [0.5, 0.6) is 0 Å². The molecule has 1 saturated carbocycles. The SMILES string of the molecule is [CH-]1CCCC1.[Cl-].[Cl-].[Cl-].[Ti+4]. The molecular weight excluding hydrogens is 214 g/mol. The molecule has 1 aliphatic rings. The number of halogens is 3. The van der Waals surface area contributed by atoms with Crippen LogP contribution in [0.4, 0.5) is 0 Å². The third-order valence-electron chi connectivity index (χ3n) is 1.07. The van der Waals surface area contributed by atoms with E-state index in [1.165, 1.54) is 25.7 Å². The Kier molecular flexibility index (Phi) is 40.6. The van der Waals surface area contributed by atoms with Crippen molar-refractivity contribution in [3.05, 3.63) is 6.42 Å². The molecule has 0 spiro atoms. The first-order valence-corrected chi connectivity index (χ1v) is 2.32. The molecule has 9 heavy (non-hydrogen) atoms. The number of hydrogen-bond donors (Lipinski definition) is 0. The van der Waals surface area contributed by atoms with Gasteiger partial charge in [0.05, 0.1) is 0 Å². The van der Waals surface area contributed by atoms with E-state index in [1.54, 1.807) is 0 Å². The summed E-state index contributed by atoms with van der Waals surface area (Å²) in [6, 6.07) is 0. The van der Waals surface area contributed by atoms with Crippen molar-refractivity contribution in [3.8, 4) is 0 Å². The molecule has 1 aliphatic carbocycles. The molecule has 0 atom stereocenters. The second-order valence-electron chi connectivity index (χ2n) is 1.57. The van der Waals surface area contributed by atoms with Crippen molar-refractivity contribution in [2.75, 3.05) is 0 Å². The minimum absolute atomic E-state index is 0. The van der Waals surface area contributed by atoms with Gasteiger partial charge in [-0.1, -0.05) is 12.8 Å². The Morgan fingerprint density at radius 1 is 0.778 bits per heavy atom. The normalized spacial score (nSPS) is 13.3. The van der Waals surface area contributed by atoms with Crippen LogP contribution in [0.1, 0.15) is 25.7 Å². The van der Waals surface area contributed by atoms with Gasteiger partial charge in [0.2, 0.25) is 0 Å². The summed E-state index contributed by atoms with van der Waals surface area (Å²) >= 11 is 0. The van der Waals surface area contributed by atoms with Gasteiger partial charge in [0.1, 0.15) is 0 Å². The summed E-state index contributed by atoms with van der Waals surface area (Å²) in [7, 11) is 0. The molecule has 0 nitrogen and oxygen atoms in total. The Morgan fingerprint density at radius 3 is 1.22 bits per heavy atom. The van der Waals surface area contributed by atoms with Crippen LogP contribution >= 0.6 is 0 Å². The van der Waals surface area contributed by atoms with Gasteiger partial charge < -0.3 is 43.6 Å². The van der Waals surface area contributed by atoms with Gasteiger partial charge in [0, 0.05) is 0 Å². The molecule has 0 saturated heterocycles. The van der Waals surface area contributed by atoms with E-state index >= 15 is 0 Å². The van der Waals surface area contributed by atoms with Crippen LogP contribution in [0.15, 0.2) is 0 Å². The van der Waals surface area contributed by atoms with Crippen molar-refractivity contribution in [2.24, 2.45) is 0 Å². The van der Waals surface area contributed by atoms with Crippen LogP contribution < -0.4 is 37.2 Å². The predicted molar refractivity (Wildman–Crippen MR) is 22.8 cm³/mol. The zero-order valence-electron chi connectivity index (χ0n) is 5.04. The van der Waals surface area contributed by atoms with Crippen molar-refractivity contribution in [1.82, 2.24) is 0 Å². The van der Waals surface area contributed by atoms with Gasteiger partial charge in [-0.2, -0.15) is 12.8 Å². The summed E-state index contributed by atoms with van der Waals surface area (Å²) in [5, 5.41) is 0. The smallest absolute Gasteiger partial charge is 1.00 e. The van der Waals surface area contributed by atoms with E-state index in [4.69, 9.17) is 0 Å². The summed E-state index contributed by atoms with van der Waals surface area (Å²) < 4.78 is 0. The monoisotopic (exact) mass is 222 g/mol. The van der Waals surface area contributed by atoms with Gasteiger partial charge in [0.25, 0.3) is 0 Å². The van der Waals surface area contributed by atoms with E-state index < -0.39 is 0 Å². The van der Waals surface area contributed by atoms with E-state index in [1.807, 2.05) is 0 Å². The molecular formula is C5H9Cl3Ti. The quantitative estimate of drug-likeness (QED) is 0.283. The second kappa shape index (κ2) is 16.3. The molecule has 0 amide bonds. The summed E-state index contributed by atoms with van der Waals surface area (Å²) in [6.45, 7) is 0. The molecule has 4 heteroatoms.